The van der Waals surface area contributed by atoms with Crippen LogP contribution >= 0.6 is 11.8 Å². The molecule has 0 spiro atoms. The molecule has 0 heterocycles. The van der Waals surface area contributed by atoms with Gasteiger partial charge < -0.3 is 11.1 Å². The minimum Gasteiger partial charge on any atom is -0.324 e. The Hall–Kier alpha value is -1.00. The first-order valence-electron chi connectivity index (χ1n) is 6.52. The van der Waals surface area contributed by atoms with Crippen molar-refractivity contribution in [2.45, 2.75) is 51.2 Å². The van der Waals surface area contributed by atoms with Crippen molar-refractivity contribution in [3.05, 3.63) is 29.3 Å². The predicted molar refractivity (Wildman–Crippen MR) is 84.5 cm³/mol. The van der Waals surface area contributed by atoms with E-state index < -0.39 is 5.54 Å². The minimum absolute atomic E-state index is 0.163. The summed E-state index contributed by atoms with van der Waals surface area (Å²) in [4.78, 5) is 11.9. The van der Waals surface area contributed by atoms with E-state index in [9.17, 15) is 4.79 Å². The molecule has 0 unspecified atom stereocenters. The first-order chi connectivity index (χ1) is 8.71. The zero-order valence-corrected chi connectivity index (χ0v) is 13.2. The summed E-state index contributed by atoms with van der Waals surface area (Å²) in [7, 11) is 0. The summed E-state index contributed by atoms with van der Waals surface area (Å²) in [6.45, 7) is 9.81. The Bertz CT molecular complexity index is 450. The molecule has 0 saturated carbocycles. The molecule has 0 fully saturated rings. The van der Waals surface area contributed by atoms with Gasteiger partial charge in [-0.25, -0.2) is 0 Å². The smallest absolute Gasteiger partial charge is 0.243 e. The highest BCUT2D eigenvalue weighted by molar-refractivity contribution is 7.99. The van der Waals surface area contributed by atoms with Gasteiger partial charge in [0.15, 0.2) is 0 Å². The zero-order chi connectivity index (χ0) is 14.6. The molecule has 0 aliphatic carbocycles. The minimum atomic E-state index is -0.866. The van der Waals surface area contributed by atoms with E-state index in [0.29, 0.717) is 5.25 Å². The Kier molecular flexibility index (Phi) is 5.44. The largest absolute Gasteiger partial charge is 0.324 e. The molecule has 0 radical (unpaired) electrons. The fourth-order valence-electron chi connectivity index (χ4n) is 1.52. The van der Waals surface area contributed by atoms with Crippen molar-refractivity contribution in [1.29, 1.82) is 0 Å². The molecule has 0 atom stereocenters. The van der Waals surface area contributed by atoms with Gasteiger partial charge in [0.1, 0.15) is 0 Å². The van der Waals surface area contributed by atoms with Gasteiger partial charge in [0.05, 0.1) is 5.54 Å². The van der Waals surface area contributed by atoms with Gasteiger partial charge in [-0.2, -0.15) is 11.8 Å². The number of anilines is 1. The van der Waals surface area contributed by atoms with Crippen molar-refractivity contribution in [3.63, 3.8) is 0 Å². The molecule has 19 heavy (non-hydrogen) atoms. The van der Waals surface area contributed by atoms with E-state index in [0.717, 1.165) is 17.0 Å². The van der Waals surface area contributed by atoms with Crippen LogP contribution in [-0.4, -0.2) is 16.7 Å². The highest BCUT2D eigenvalue weighted by Gasteiger charge is 2.22. The molecule has 1 amide bonds. The third kappa shape index (κ3) is 4.88. The van der Waals surface area contributed by atoms with E-state index in [-0.39, 0.29) is 5.91 Å². The van der Waals surface area contributed by atoms with Gasteiger partial charge in [0.2, 0.25) is 5.91 Å². The molecule has 4 heteroatoms. The number of amides is 1. The Morgan fingerprint density at radius 1 is 1.42 bits per heavy atom. The molecule has 1 aromatic rings. The molecule has 0 aliphatic rings. The molecular formula is C15H24N2OS. The third-order valence-corrected chi connectivity index (χ3v) is 4.00. The van der Waals surface area contributed by atoms with E-state index >= 15 is 0 Å². The monoisotopic (exact) mass is 280 g/mol. The lowest BCUT2D eigenvalue weighted by molar-refractivity contribution is -0.120. The number of rotatable bonds is 5. The van der Waals surface area contributed by atoms with Gasteiger partial charge in [-0.3, -0.25) is 4.79 Å². The number of hydrogen-bond donors (Lipinski definition) is 2. The number of carbonyl (C=O) groups is 1. The second-order valence-electron chi connectivity index (χ2n) is 5.63. The lowest BCUT2D eigenvalue weighted by Crippen LogP contribution is -2.45. The number of hydrogen-bond acceptors (Lipinski definition) is 3. The predicted octanol–water partition coefficient (Wildman–Crippen LogP) is 3.31. The van der Waals surface area contributed by atoms with Crippen molar-refractivity contribution >= 4 is 23.4 Å². The molecule has 1 rings (SSSR count). The van der Waals surface area contributed by atoms with Crippen LogP contribution in [0.5, 0.6) is 0 Å². The summed E-state index contributed by atoms with van der Waals surface area (Å²) in [6.07, 6.45) is 0. The summed E-state index contributed by atoms with van der Waals surface area (Å²) in [6, 6.07) is 6.00. The van der Waals surface area contributed by atoms with Crippen LogP contribution in [0.4, 0.5) is 5.69 Å². The fourth-order valence-corrected chi connectivity index (χ4v) is 2.34. The molecule has 1 aromatic carbocycles. The maximum atomic E-state index is 11.9. The maximum Gasteiger partial charge on any atom is 0.243 e. The van der Waals surface area contributed by atoms with Gasteiger partial charge >= 0.3 is 0 Å². The average molecular weight is 280 g/mol. The molecule has 0 aromatic heterocycles. The molecule has 0 saturated heterocycles. The van der Waals surface area contributed by atoms with Crippen LogP contribution in [-0.2, 0) is 10.5 Å². The summed E-state index contributed by atoms with van der Waals surface area (Å²) in [5.41, 5.74) is 8.16. The van der Waals surface area contributed by atoms with Crippen molar-refractivity contribution in [2.24, 2.45) is 5.73 Å². The van der Waals surface area contributed by atoms with Crippen LogP contribution < -0.4 is 11.1 Å². The number of nitrogens with two attached hydrogens (primary N) is 1. The Labute approximate surface area is 120 Å². The van der Waals surface area contributed by atoms with Gasteiger partial charge in [0, 0.05) is 11.4 Å². The first-order valence-corrected chi connectivity index (χ1v) is 7.57. The SMILES string of the molecule is Cc1c(CSC(C)C)cccc1NC(=O)C(C)(C)N. The van der Waals surface area contributed by atoms with E-state index in [4.69, 9.17) is 5.73 Å². The molecule has 0 bridgehead atoms. The summed E-state index contributed by atoms with van der Waals surface area (Å²) < 4.78 is 0. The average Bonchev–Trinajstić information content (AvgIpc) is 2.28. The Balaban J connectivity index is 2.86. The van der Waals surface area contributed by atoms with Crippen molar-refractivity contribution in [2.75, 3.05) is 5.32 Å². The third-order valence-electron chi connectivity index (χ3n) is 2.85. The molecule has 106 valence electrons. The maximum absolute atomic E-state index is 11.9. The molecular weight excluding hydrogens is 256 g/mol. The number of nitrogens with one attached hydrogen (secondary N) is 1. The van der Waals surface area contributed by atoms with E-state index in [1.165, 1.54) is 5.56 Å². The lowest BCUT2D eigenvalue weighted by Gasteiger charge is -2.20. The standard InChI is InChI=1S/C15H24N2OS/c1-10(2)19-9-12-7-6-8-13(11(12)3)17-14(18)15(4,5)16/h6-8,10H,9,16H2,1-5H3,(H,17,18). The van der Waals surface area contributed by atoms with Crippen LogP contribution in [0.2, 0.25) is 0 Å². The zero-order valence-electron chi connectivity index (χ0n) is 12.4. The lowest BCUT2D eigenvalue weighted by atomic mass is 10.0. The molecule has 0 aliphatic heterocycles. The van der Waals surface area contributed by atoms with Gasteiger partial charge in [-0.15, -0.1) is 0 Å². The van der Waals surface area contributed by atoms with Crippen LogP contribution in [0, 0.1) is 6.92 Å². The van der Waals surface area contributed by atoms with E-state index in [1.54, 1.807) is 13.8 Å². The summed E-state index contributed by atoms with van der Waals surface area (Å²) in [5.74, 6) is 0.795. The quantitative estimate of drug-likeness (QED) is 0.870. The number of thioether (sulfide) groups is 1. The van der Waals surface area contributed by atoms with Crippen LogP contribution in [0.3, 0.4) is 0 Å². The van der Waals surface area contributed by atoms with Crippen LogP contribution in [0.25, 0.3) is 0 Å². The second-order valence-corrected chi connectivity index (χ2v) is 7.19. The van der Waals surface area contributed by atoms with Crippen LogP contribution in [0.1, 0.15) is 38.8 Å². The van der Waals surface area contributed by atoms with Crippen molar-refractivity contribution < 1.29 is 4.79 Å². The van der Waals surface area contributed by atoms with E-state index in [1.807, 2.05) is 30.8 Å². The number of carbonyl (C=O) groups excluding carboxylic acids is 1. The Morgan fingerprint density at radius 3 is 2.58 bits per heavy atom. The normalized spacial score (nSPS) is 11.7. The first kappa shape index (κ1) is 16.1. The summed E-state index contributed by atoms with van der Waals surface area (Å²) >= 11 is 1.89. The Morgan fingerprint density at radius 2 is 2.05 bits per heavy atom. The highest BCUT2D eigenvalue weighted by Crippen LogP contribution is 2.25. The van der Waals surface area contributed by atoms with Gasteiger partial charge in [-0.05, 0) is 43.2 Å². The highest BCUT2D eigenvalue weighted by atomic mass is 32.2. The summed E-state index contributed by atoms with van der Waals surface area (Å²) in [5, 5.41) is 3.50. The topological polar surface area (TPSA) is 55.1 Å². The fraction of sp³-hybridized carbons (Fsp3) is 0.533. The van der Waals surface area contributed by atoms with E-state index in [2.05, 4.69) is 25.2 Å². The van der Waals surface area contributed by atoms with Gasteiger partial charge in [0.25, 0.3) is 0 Å². The van der Waals surface area contributed by atoms with Crippen molar-refractivity contribution in [3.8, 4) is 0 Å². The molecule has 3 N–H and O–H groups in total. The van der Waals surface area contributed by atoms with Gasteiger partial charge in [-0.1, -0.05) is 26.0 Å². The molecule has 3 nitrogen and oxygen atoms in total. The van der Waals surface area contributed by atoms with Crippen LogP contribution in [0.15, 0.2) is 18.2 Å². The second kappa shape index (κ2) is 6.44. The number of benzene rings is 1. The van der Waals surface area contributed by atoms with Crippen molar-refractivity contribution in [1.82, 2.24) is 0 Å².